The average Bonchev–Trinajstić information content (AvgIpc) is 2.02. The summed E-state index contributed by atoms with van der Waals surface area (Å²) in [7, 11) is 0. The molecule has 2 amide bonds. The monoisotopic (exact) mass is 202 g/mol. The van der Waals surface area contributed by atoms with Gasteiger partial charge in [-0.2, -0.15) is 0 Å². The molecule has 0 aliphatic carbocycles. The van der Waals surface area contributed by atoms with Gasteiger partial charge >= 0.3 is 11.9 Å². The summed E-state index contributed by atoms with van der Waals surface area (Å²) in [5.74, 6) is -2.86. The number of carbonyl (C=O) groups is 3. The van der Waals surface area contributed by atoms with Crippen LogP contribution >= 0.6 is 0 Å². The minimum Gasteiger partial charge on any atom is -0.474 e. The maximum absolute atomic E-state index is 11.0. The second kappa shape index (κ2) is 5.95. The number of nitrogens with one attached hydrogen (secondary N) is 2. The van der Waals surface area contributed by atoms with Crippen LogP contribution in [-0.4, -0.2) is 35.5 Å². The molecule has 0 aromatic rings. The highest BCUT2D eigenvalue weighted by Crippen LogP contribution is 1.82. The van der Waals surface area contributed by atoms with E-state index in [-0.39, 0.29) is 24.9 Å². The molecule has 80 valence electrons. The van der Waals surface area contributed by atoms with Crippen LogP contribution in [0.3, 0.4) is 0 Å². The standard InChI is InChI=1S/C8H14N2O4/c1-5(2)10-6(11)3-4-9-7(12)8(13)14/h5H,3-4H2,1-2H3,(H,9,12)(H,10,11)(H,13,14). The van der Waals surface area contributed by atoms with Crippen LogP contribution in [-0.2, 0) is 14.4 Å². The fraction of sp³-hybridized carbons (Fsp3) is 0.625. The van der Waals surface area contributed by atoms with Gasteiger partial charge in [-0.3, -0.25) is 9.59 Å². The smallest absolute Gasteiger partial charge is 0.394 e. The van der Waals surface area contributed by atoms with Crippen LogP contribution in [0.25, 0.3) is 0 Å². The van der Waals surface area contributed by atoms with Crippen molar-refractivity contribution in [2.75, 3.05) is 6.54 Å². The van der Waals surface area contributed by atoms with Crippen LogP contribution in [0.15, 0.2) is 0 Å². The van der Waals surface area contributed by atoms with E-state index >= 15 is 0 Å². The molecule has 0 rings (SSSR count). The minimum absolute atomic E-state index is 0.0314. The van der Waals surface area contributed by atoms with E-state index in [2.05, 4.69) is 10.6 Å². The van der Waals surface area contributed by atoms with Crippen LogP contribution in [0.2, 0.25) is 0 Å². The third-order valence-corrected chi connectivity index (χ3v) is 1.28. The molecule has 0 aromatic carbocycles. The van der Waals surface area contributed by atoms with Crippen molar-refractivity contribution in [3.05, 3.63) is 0 Å². The number of amides is 2. The zero-order valence-electron chi connectivity index (χ0n) is 8.16. The third kappa shape index (κ3) is 5.99. The van der Waals surface area contributed by atoms with Gasteiger partial charge in [-0.05, 0) is 13.8 Å². The molecular weight excluding hydrogens is 188 g/mol. The highest BCUT2D eigenvalue weighted by molar-refractivity contribution is 6.31. The van der Waals surface area contributed by atoms with E-state index in [1.165, 1.54) is 0 Å². The predicted molar refractivity (Wildman–Crippen MR) is 48.5 cm³/mol. The van der Waals surface area contributed by atoms with Crippen molar-refractivity contribution < 1.29 is 19.5 Å². The van der Waals surface area contributed by atoms with E-state index < -0.39 is 11.9 Å². The van der Waals surface area contributed by atoms with Crippen LogP contribution in [0.4, 0.5) is 0 Å². The van der Waals surface area contributed by atoms with Gasteiger partial charge in [-0.1, -0.05) is 0 Å². The molecule has 0 radical (unpaired) electrons. The molecule has 0 aromatic heterocycles. The Kier molecular flexibility index (Phi) is 5.28. The number of carbonyl (C=O) groups excluding carboxylic acids is 2. The van der Waals surface area contributed by atoms with Crippen LogP contribution in [0.1, 0.15) is 20.3 Å². The lowest BCUT2D eigenvalue weighted by Crippen LogP contribution is -2.36. The lowest BCUT2D eigenvalue weighted by atomic mass is 10.3. The van der Waals surface area contributed by atoms with Crippen molar-refractivity contribution in [1.29, 1.82) is 0 Å². The molecule has 6 heteroatoms. The first-order valence-electron chi connectivity index (χ1n) is 4.24. The average molecular weight is 202 g/mol. The summed E-state index contributed by atoms with van der Waals surface area (Å²) < 4.78 is 0. The predicted octanol–water partition coefficient (Wildman–Crippen LogP) is -0.898. The van der Waals surface area contributed by atoms with Crippen molar-refractivity contribution in [3.63, 3.8) is 0 Å². The molecule has 0 fully saturated rings. The molecule has 6 nitrogen and oxygen atoms in total. The van der Waals surface area contributed by atoms with E-state index in [1.54, 1.807) is 0 Å². The Labute approximate surface area is 81.7 Å². The Bertz CT molecular complexity index is 237. The van der Waals surface area contributed by atoms with Crippen LogP contribution < -0.4 is 10.6 Å². The first-order chi connectivity index (χ1) is 6.43. The summed E-state index contributed by atoms with van der Waals surface area (Å²) in [4.78, 5) is 31.5. The molecule has 0 saturated heterocycles. The number of hydrogen-bond acceptors (Lipinski definition) is 3. The highest BCUT2D eigenvalue weighted by atomic mass is 16.4. The zero-order valence-corrected chi connectivity index (χ0v) is 8.16. The molecule has 0 heterocycles. The SMILES string of the molecule is CC(C)NC(=O)CCNC(=O)C(=O)O. The van der Waals surface area contributed by atoms with E-state index in [1.807, 2.05) is 13.8 Å². The van der Waals surface area contributed by atoms with Crippen molar-refractivity contribution in [2.24, 2.45) is 0 Å². The fourth-order valence-corrected chi connectivity index (χ4v) is 0.759. The number of rotatable bonds is 4. The maximum atomic E-state index is 11.0. The zero-order chi connectivity index (χ0) is 11.1. The Balaban J connectivity index is 3.59. The number of carboxylic acids is 1. The van der Waals surface area contributed by atoms with E-state index in [9.17, 15) is 14.4 Å². The van der Waals surface area contributed by atoms with Crippen molar-refractivity contribution >= 4 is 17.8 Å². The Morgan fingerprint density at radius 3 is 2.29 bits per heavy atom. The molecule has 0 spiro atoms. The van der Waals surface area contributed by atoms with Gasteiger partial charge in [0.1, 0.15) is 0 Å². The van der Waals surface area contributed by atoms with Gasteiger partial charge in [0, 0.05) is 19.0 Å². The highest BCUT2D eigenvalue weighted by Gasteiger charge is 2.10. The van der Waals surface area contributed by atoms with E-state index in [0.29, 0.717) is 0 Å². The molecule has 0 aliphatic rings. The fourth-order valence-electron chi connectivity index (χ4n) is 0.759. The molecule has 0 atom stereocenters. The Hall–Kier alpha value is -1.59. The molecule has 0 unspecified atom stereocenters. The Morgan fingerprint density at radius 1 is 1.29 bits per heavy atom. The summed E-state index contributed by atoms with van der Waals surface area (Å²) in [6, 6.07) is 0.0395. The van der Waals surface area contributed by atoms with Gasteiger partial charge in [0.25, 0.3) is 0 Å². The van der Waals surface area contributed by atoms with Gasteiger partial charge in [0.15, 0.2) is 0 Å². The molecule has 3 N–H and O–H groups in total. The van der Waals surface area contributed by atoms with Crippen LogP contribution in [0, 0.1) is 0 Å². The van der Waals surface area contributed by atoms with Crippen molar-refractivity contribution in [3.8, 4) is 0 Å². The summed E-state index contributed by atoms with van der Waals surface area (Å²) in [5.41, 5.74) is 0. The largest absolute Gasteiger partial charge is 0.474 e. The summed E-state index contributed by atoms with van der Waals surface area (Å²) in [5, 5.41) is 12.9. The second-order valence-electron chi connectivity index (χ2n) is 3.03. The first-order valence-corrected chi connectivity index (χ1v) is 4.24. The minimum atomic E-state index is -1.55. The maximum Gasteiger partial charge on any atom is 0.394 e. The lowest BCUT2D eigenvalue weighted by Gasteiger charge is -2.07. The second-order valence-corrected chi connectivity index (χ2v) is 3.03. The molecule has 0 bridgehead atoms. The Morgan fingerprint density at radius 2 is 1.86 bits per heavy atom. The molecule has 14 heavy (non-hydrogen) atoms. The van der Waals surface area contributed by atoms with Gasteiger partial charge in [-0.15, -0.1) is 0 Å². The molecule has 0 aliphatic heterocycles. The number of carboxylic acid groups (broad SMARTS) is 1. The summed E-state index contributed by atoms with van der Waals surface area (Å²) >= 11 is 0. The normalized spacial score (nSPS) is 9.64. The quantitative estimate of drug-likeness (QED) is 0.515. The first kappa shape index (κ1) is 12.4. The lowest BCUT2D eigenvalue weighted by molar-refractivity contribution is -0.150. The van der Waals surface area contributed by atoms with Gasteiger partial charge in [0.05, 0.1) is 0 Å². The van der Waals surface area contributed by atoms with Gasteiger partial charge in [-0.25, -0.2) is 4.79 Å². The summed E-state index contributed by atoms with van der Waals surface area (Å²) in [6.07, 6.45) is 0.0806. The topological polar surface area (TPSA) is 95.5 Å². The van der Waals surface area contributed by atoms with Gasteiger partial charge < -0.3 is 15.7 Å². The van der Waals surface area contributed by atoms with Crippen molar-refractivity contribution in [2.45, 2.75) is 26.3 Å². The van der Waals surface area contributed by atoms with Crippen LogP contribution in [0.5, 0.6) is 0 Å². The number of aliphatic carboxylic acids is 1. The van der Waals surface area contributed by atoms with Crippen molar-refractivity contribution in [1.82, 2.24) is 10.6 Å². The van der Waals surface area contributed by atoms with E-state index in [4.69, 9.17) is 5.11 Å². The van der Waals surface area contributed by atoms with E-state index in [0.717, 1.165) is 0 Å². The third-order valence-electron chi connectivity index (χ3n) is 1.28. The summed E-state index contributed by atoms with van der Waals surface area (Å²) in [6.45, 7) is 3.66. The van der Waals surface area contributed by atoms with Gasteiger partial charge in [0.2, 0.25) is 5.91 Å². The molecule has 0 saturated carbocycles. The number of hydrogen-bond donors (Lipinski definition) is 3. The molecular formula is C8H14N2O4.